The molecule has 0 spiro atoms. The van der Waals surface area contributed by atoms with E-state index in [-0.39, 0.29) is 28.9 Å². The van der Waals surface area contributed by atoms with Gasteiger partial charge in [-0.15, -0.1) is 10.2 Å². The highest BCUT2D eigenvalue weighted by Gasteiger charge is 2.30. The van der Waals surface area contributed by atoms with Crippen LogP contribution in [0.15, 0.2) is 51.4 Å². The first-order chi connectivity index (χ1) is 19.6. The van der Waals surface area contributed by atoms with Crippen molar-refractivity contribution in [3.63, 3.8) is 0 Å². The number of carboxylic acids is 1. The summed E-state index contributed by atoms with van der Waals surface area (Å²) in [7, 11) is 0. The van der Waals surface area contributed by atoms with Gasteiger partial charge < -0.3 is 15.3 Å². The Labute approximate surface area is 240 Å². The molecule has 3 aromatic rings. The second kappa shape index (κ2) is 12.7. The maximum Gasteiger partial charge on any atom is 0.306 e. The number of hydrogen-bond donors (Lipinski definition) is 3. The first-order valence-corrected chi connectivity index (χ1v) is 14.3. The molecule has 9 nitrogen and oxygen atoms in total. The predicted molar refractivity (Wildman–Crippen MR) is 159 cm³/mol. The fraction of sp³-hybridized carbons (Fsp3) is 0.438. The lowest BCUT2D eigenvalue weighted by Crippen LogP contribution is -2.26. The van der Waals surface area contributed by atoms with Crippen molar-refractivity contribution < 1.29 is 20.1 Å². The number of phenols is 1. The molecule has 1 aromatic heterocycles. The number of nitrogens with zero attached hydrogens (tertiary/aromatic N) is 4. The van der Waals surface area contributed by atoms with Gasteiger partial charge in [0.15, 0.2) is 5.69 Å². The number of carbonyl (C=O) groups is 1. The first-order valence-electron chi connectivity index (χ1n) is 14.3. The van der Waals surface area contributed by atoms with Crippen LogP contribution < -0.4 is 5.56 Å². The summed E-state index contributed by atoms with van der Waals surface area (Å²) in [4.78, 5) is 27.5. The van der Waals surface area contributed by atoms with Crippen LogP contribution in [0.3, 0.4) is 0 Å². The monoisotopic (exact) mass is 560 g/mol. The minimum absolute atomic E-state index is 0.0541. The fourth-order valence-corrected chi connectivity index (χ4v) is 5.65. The Morgan fingerprint density at radius 2 is 1.76 bits per heavy atom. The molecule has 1 saturated carbocycles. The van der Waals surface area contributed by atoms with E-state index in [4.69, 9.17) is 0 Å². The highest BCUT2D eigenvalue weighted by molar-refractivity contribution is 5.70. The van der Waals surface area contributed by atoms with E-state index in [1.807, 2.05) is 39.8 Å². The Morgan fingerprint density at radius 1 is 1.02 bits per heavy atom. The number of carboxylic acid groups (broad SMARTS) is 1. The third-order valence-corrected chi connectivity index (χ3v) is 8.49. The van der Waals surface area contributed by atoms with E-state index < -0.39 is 17.4 Å². The third kappa shape index (κ3) is 6.20. The van der Waals surface area contributed by atoms with E-state index in [2.05, 4.69) is 15.1 Å². The number of hydrogen-bond acceptors (Lipinski definition) is 7. The van der Waals surface area contributed by atoms with Gasteiger partial charge in [-0.05, 0) is 99.5 Å². The normalized spacial score (nSPS) is 17.4. The van der Waals surface area contributed by atoms with Crippen molar-refractivity contribution in [2.75, 3.05) is 13.1 Å². The van der Waals surface area contributed by atoms with Gasteiger partial charge in [0.1, 0.15) is 11.4 Å². The van der Waals surface area contributed by atoms with Crippen LogP contribution in [-0.4, -0.2) is 43.8 Å². The van der Waals surface area contributed by atoms with Crippen LogP contribution in [0.25, 0.3) is 5.69 Å². The zero-order valence-corrected chi connectivity index (χ0v) is 24.5. The van der Waals surface area contributed by atoms with Crippen molar-refractivity contribution in [3.05, 3.63) is 74.6 Å². The van der Waals surface area contributed by atoms with Gasteiger partial charge >= 0.3 is 5.97 Å². The smallest absolute Gasteiger partial charge is 0.306 e. The minimum atomic E-state index is -0.812. The average Bonchev–Trinajstić information content (AvgIpc) is 2.96. The summed E-state index contributed by atoms with van der Waals surface area (Å²) in [5.74, 6) is -1.53. The van der Waals surface area contributed by atoms with Crippen molar-refractivity contribution in [2.45, 2.75) is 72.8 Å². The number of azo groups is 1. The summed E-state index contributed by atoms with van der Waals surface area (Å²) in [6.45, 7) is 11.7. The molecule has 2 atom stereocenters. The molecule has 1 aliphatic carbocycles. The highest BCUT2D eigenvalue weighted by atomic mass is 16.4. The summed E-state index contributed by atoms with van der Waals surface area (Å²) < 4.78 is 1.27. The van der Waals surface area contributed by atoms with Crippen LogP contribution in [0.2, 0.25) is 0 Å². The van der Waals surface area contributed by atoms with Crippen LogP contribution in [0.5, 0.6) is 11.6 Å². The molecule has 0 radical (unpaired) electrons. The zero-order valence-electron chi connectivity index (χ0n) is 24.5. The van der Waals surface area contributed by atoms with Crippen molar-refractivity contribution in [2.24, 2.45) is 16.1 Å². The number of benzene rings is 2. The molecule has 41 heavy (non-hydrogen) atoms. The van der Waals surface area contributed by atoms with E-state index in [0.29, 0.717) is 41.8 Å². The van der Waals surface area contributed by atoms with Gasteiger partial charge in [-0.3, -0.25) is 14.5 Å². The maximum absolute atomic E-state index is 13.8. The number of rotatable bonds is 9. The molecule has 4 rings (SSSR count). The number of para-hydroxylation sites is 1. The second-order valence-electron chi connectivity index (χ2n) is 11.0. The van der Waals surface area contributed by atoms with Crippen LogP contribution in [0, 0.1) is 26.7 Å². The van der Waals surface area contributed by atoms with E-state index >= 15 is 0 Å². The van der Waals surface area contributed by atoms with Gasteiger partial charge in [0.25, 0.3) is 5.56 Å². The Morgan fingerprint density at radius 3 is 2.41 bits per heavy atom. The topological polar surface area (TPSA) is 128 Å². The Hall–Kier alpha value is -3.98. The largest absolute Gasteiger partial charge is 0.505 e. The molecular formula is C32H40N4O5. The summed E-state index contributed by atoms with van der Waals surface area (Å²) in [5.41, 5.74) is 4.11. The van der Waals surface area contributed by atoms with Crippen LogP contribution in [-0.2, 0) is 11.3 Å². The molecule has 1 aliphatic rings. The lowest BCUT2D eigenvalue weighted by atomic mass is 9.77. The molecule has 1 fully saturated rings. The van der Waals surface area contributed by atoms with Crippen molar-refractivity contribution in [3.8, 4) is 17.3 Å². The first kappa shape index (κ1) is 30.0. The Bertz CT molecular complexity index is 1520. The Balaban J connectivity index is 1.82. The number of pyridine rings is 1. The highest BCUT2D eigenvalue weighted by Crippen LogP contribution is 2.43. The maximum atomic E-state index is 13.8. The van der Waals surface area contributed by atoms with Crippen molar-refractivity contribution in [1.82, 2.24) is 9.47 Å². The lowest BCUT2D eigenvalue weighted by molar-refractivity contribution is -0.143. The third-order valence-electron chi connectivity index (χ3n) is 8.49. The van der Waals surface area contributed by atoms with Gasteiger partial charge in [0.2, 0.25) is 5.88 Å². The van der Waals surface area contributed by atoms with E-state index in [1.54, 1.807) is 31.2 Å². The average molecular weight is 561 g/mol. The molecule has 0 aliphatic heterocycles. The van der Waals surface area contributed by atoms with Gasteiger partial charge in [-0.1, -0.05) is 38.5 Å². The van der Waals surface area contributed by atoms with Crippen LogP contribution >= 0.6 is 0 Å². The van der Waals surface area contributed by atoms with Gasteiger partial charge in [-0.2, -0.15) is 0 Å². The van der Waals surface area contributed by atoms with E-state index in [0.717, 1.165) is 37.1 Å². The molecule has 9 heteroatoms. The molecular weight excluding hydrogens is 520 g/mol. The molecule has 3 N–H and O–H groups in total. The van der Waals surface area contributed by atoms with E-state index in [1.165, 1.54) is 4.57 Å². The van der Waals surface area contributed by atoms with Crippen LogP contribution in [0.1, 0.15) is 73.3 Å². The number of phenolic OH excluding ortho intramolecular Hbond substituents is 1. The van der Waals surface area contributed by atoms with Gasteiger partial charge in [-0.25, -0.2) is 4.57 Å². The Kier molecular flexibility index (Phi) is 9.28. The van der Waals surface area contributed by atoms with E-state index in [9.17, 15) is 24.9 Å². The van der Waals surface area contributed by atoms with Crippen molar-refractivity contribution in [1.29, 1.82) is 0 Å². The minimum Gasteiger partial charge on any atom is -0.505 e. The summed E-state index contributed by atoms with van der Waals surface area (Å²) in [6, 6.07) is 10.7. The van der Waals surface area contributed by atoms with Gasteiger partial charge in [0.05, 0.1) is 11.6 Å². The molecule has 0 amide bonds. The number of aromatic nitrogens is 1. The predicted octanol–water partition coefficient (Wildman–Crippen LogP) is 6.79. The summed E-state index contributed by atoms with van der Waals surface area (Å²) in [6.07, 6.45) is 2.64. The molecule has 218 valence electrons. The molecule has 1 heterocycles. The van der Waals surface area contributed by atoms with Crippen LogP contribution in [0.4, 0.5) is 11.4 Å². The second-order valence-corrected chi connectivity index (χ2v) is 11.0. The zero-order chi connectivity index (χ0) is 29.8. The summed E-state index contributed by atoms with van der Waals surface area (Å²) >= 11 is 0. The number of aromatic hydroxyl groups is 2. The fourth-order valence-electron chi connectivity index (χ4n) is 5.65. The molecule has 0 saturated heterocycles. The van der Waals surface area contributed by atoms with Gasteiger partial charge in [0, 0.05) is 12.1 Å². The molecule has 2 aromatic carbocycles. The lowest BCUT2D eigenvalue weighted by Gasteiger charge is -2.27. The standard InChI is InChI=1S/C32H40N4O5/c1-6-35(7-2)18-26-21(5)28(31(39)36(30(26)38)24-15-14-19(3)20(4)16-24)34-33-27-13-9-12-25(29(27)37)22-10-8-11-23(17-22)32(40)41/h9,12-16,22-23,37-38H,6-8,10-11,17-18H2,1-5H3,(H,40,41). The quantitative estimate of drug-likeness (QED) is 0.247. The summed E-state index contributed by atoms with van der Waals surface area (Å²) in [5, 5.41) is 40.7. The SMILES string of the molecule is CCN(CC)Cc1c(C)c(N=Nc2cccc(C3CCCC(C(=O)O)C3)c2O)c(=O)n(-c2ccc(C)c(C)c2)c1O. The molecule has 2 unspecified atom stereocenters. The number of aliphatic carboxylic acids is 1. The molecule has 0 bridgehead atoms. The van der Waals surface area contributed by atoms with Crippen molar-refractivity contribution >= 4 is 17.3 Å². The number of aryl methyl sites for hydroxylation is 2.